The number of carbonyl (C=O) groups excluding carboxylic acids is 2. The zero-order valence-electron chi connectivity index (χ0n) is 23.8. The van der Waals surface area contributed by atoms with Crippen LogP contribution in [-0.2, 0) is 16.1 Å². The van der Waals surface area contributed by atoms with E-state index in [9.17, 15) is 41.0 Å². The summed E-state index contributed by atoms with van der Waals surface area (Å²) in [6.45, 7) is -0.364. The van der Waals surface area contributed by atoms with Crippen molar-refractivity contribution in [2.24, 2.45) is 5.73 Å². The van der Waals surface area contributed by atoms with E-state index in [1.165, 1.54) is 12.3 Å². The van der Waals surface area contributed by atoms with Gasteiger partial charge in [0.1, 0.15) is 36.0 Å². The number of carbonyl (C=O) groups is 2. The van der Waals surface area contributed by atoms with Crippen molar-refractivity contribution in [1.82, 2.24) is 9.97 Å². The number of pyridine rings is 2. The molecule has 3 N–H and O–H groups in total. The van der Waals surface area contributed by atoms with Crippen LogP contribution < -0.4 is 15.2 Å². The van der Waals surface area contributed by atoms with Gasteiger partial charge in [-0.15, -0.1) is 0 Å². The minimum Gasteiger partial charge on any atom is -0.487 e. The molecule has 4 aromatic rings. The molecule has 0 saturated heterocycles. The van der Waals surface area contributed by atoms with Crippen LogP contribution in [0, 0.1) is 12.7 Å². The number of ether oxygens (including phenoxy) is 2. The number of Topliss-reactive ketones (excluding diaryl/α,β-unsaturated/α-hetero) is 1. The lowest BCUT2D eigenvalue weighted by Gasteiger charge is -2.31. The average molecular weight is 652 g/mol. The van der Waals surface area contributed by atoms with Crippen LogP contribution in [0.1, 0.15) is 40.0 Å². The lowest BCUT2D eigenvalue weighted by molar-refractivity contribution is -0.270. The first-order chi connectivity index (χ1) is 21.5. The number of hydrogen-bond acceptors (Lipinski definition) is 7. The summed E-state index contributed by atoms with van der Waals surface area (Å²) >= 11 is 0. The van der Waals surface area contributed by atoms with E-state index in [0.717, 1.165) is 30.3 Å². The first-order valence-electron chi connectivity index (χ1n) is 13.6. The monoisotopic (exact) mass is 651 g/mol. The minimum absolute atomic E-state index is 0.0368. The van der Waals surface area contributed by atoms with E-state index in [-0.39, 0.29) is 27.8 Å². The lowest BCUT2D eigenvalue weighted by Crippen LogP contribution is -2.44. The van der Waals surface area contributed by atoms with Crippen molar-refractivity contribution in [3.8, 4) is 22.8 Å². The molecule has 0 fully saturated rings. The summed E-state index contributed by atoms with van der Waals surface area (Å²) in [6, 6.07) is 8.56. The number of aliphatic hydroxyl groups is 1. The van der Waals surface area contributed by atoms with Gasteiger partial charge >= 0.3 is 6.18 Å². The van der Waals surface area contributed by atoms with Crippen LogP contribution in [0.2, 0.25) is 0 Å². The van der Waals surface area contributed by atoms with Crippen molar-refractivity contribution in [2.75, 3.05) is 13.2 Å². The molecule has 2 atom stereocenters. The van der Waals surface area contributed by atoms with Crippen LogP contribution in [-0.4, -0.2) is 52.6 Å². The molecule has 1 aliphatic rings. The number of primary amides is 1. The smallest absolute Gasteiger partial charge is 0.422 e. The highest BCUT2D eigenvalue weighted by molar-refractivity contribution is 6.01. The molecule has 2 aromatic carbocycles. The van der Waals surface area contributed by atoms with Gasteiger partial charge in [0.2, 0.25) is 5.60 Å². The minimum atomic E-state index is -5.50. The topological polar surface area (TPSA) is 125 Å². The van der Waals surface area contributed by atoms with Crippen molar-refractivity contribution >= 4 is 22.6 Å². The summed E-state index contributed by atoms with van der Waals surface area (Å²) in [5.74, 6) is -3.86. The molecule has 242 valence electrons. The Labute approximate surface area is 256 Å². The fourth-order valence-corrected chi connectivity index (χ4v) is 5.05. The maximum atomic E-state index is 15.7. The second-order valence-electron chi connectivity index (χ2n) is 10.7. The summed E-state index contributed by atoms with van der Waals surface area (Å²) < 4.78 is 109. The van der Waals surface area contributed by atoms with Crippen LogP contribution in [0.25, 0.3) is 22.2 Å². The van der Waals surface area contributed by atoms with Crippen LogP contribution in [0.3, 0.4) is 0 Å². The van der Waals surface area contributed by atoms with Crippen molar-refractivity contribution in [3.63, 3.8) is 0 Å². The molecule has 1 amide bonds. The number of aromatic nitrogens is 2. The van der Waals surface area contributed by atoms with E-state index in [2.05, 4.69) is 9.97 Å². The number of nitrogens with two attached hydrogens (primary N) is 1. The molecule has 0 saturated carbocycles. The SMILES string of the molecule is Cc1cnc2c(OCC(F)F)cc(C(=O)CC[C@](O)(c3cc4c(c(-c5ccc(F)cc5)n3)OC[C@]4(F)C(N)=O)C(F)(F)F)cc2c1. The zero-order chi connectivity index (χ0) is 33.6. The van der Waals surface area contributed by atoms with Crippen molar-refractivity contribution in [2.45, 2.75) is 43.6 Å². The van der Waals surface area contributed by atoms with E-state index in [0.29, 0.717) is 11.6 Å². The van der Waals surface area contributed by atoms with Gasteiger partial charge in [0, 0.05) is 34.7 Å². The first kappa shape index (κ1) is 32.6. The first-order valence-corrected chi connectivity index (χ1v) is 13.6. The predicted molar refractivity (Wildman–Crippen MR) is 149 cm³/mol. The molecule has 5 rings (SSSR count). The van der Waals surface area contributed by atoms with E-state index in [1.807, 2.05) is 0 Å². The molecule has 3 heterocycles. The summed E-state index contributed by atoms with van der Waals surface area (Å²) in [5.41, 5.74) is -3.63. The Kier molecular flexibility index (Phi) is 8.40. The van der Waals surface area contributed by atoms with Gasteiger partial charge in [0.15, 0.2) is 11.5 Å². The Morgan fingerprint density at radius 1 is 1.13 bits per heavy atom. The molecule has 15 heteroatoms. The van der Waals surface area contributed by atoms with Gasteiger partial charge < -0.3 is 20.3 Å². The Balaban J connectivity index is 1.57. The molecule has 0 radical (unpaired) electrons. The second-order valence-corrected chi connectivity index (χ2v) is 10.7. The number of hydrogen-bond donors (Lipinski definition) is 2. The molecule has 1 aliphatic heterocycles. The average Bonchev–Trinajstić information content (AvgIpc) is 3.35. The number of alkyl halides is 6. The number of aryl methyl sites for hydroxylation is 1. The number of fused-ring (bicyclic) bond motifs is 2. The predicted octanol–water partition coefficient (Wildman–Crippen LogP) is 5.84. The van der Waals surface area contributed by atoms with Gasteiger partial charge in [-0.25, -0.2) is 22.5 Å². The van der Waals surface area contributed by atoms with Gasteiger partial charge in [-0.2, -0.15) is 13.2 Å². The van der Waals surface area contributed by atoms with E-state index >= 15 is 4.39 Å². The number of benzene rings is 2. The molecular formula is C31H24F7N3O5. The molecular weight excluding hydrogens is 627 g/mol. The molecule has 46 heavy (non-hydrogen) atoms. The highest BCUT2D eigenvalue weighted by Gasteiger charge is 2.58. The highest BCUT2D eigenvalue weighted by Crippen LogP contribution is 2.49. The summed E-state index contributed by atoms with van der Waals surface area (Å²) in [7, 11) is 0. The number of halogens is 7. The molecule has 0 unspecified atom stereocenters. The van der Waals surface area contributed by atoms with Gasteiger partial charge in [0.25, 0.3) is 18.0 Å². The van der Waals surface area contributed by atoms with Gasteiger partial charge in [-0.3, -0.25) is 14.6 Å². The number of nitrogens with zero attached hydrogens (tertiary/aromatic N) is 2. The summed E-state index contributed by atoms with van der Waals surface area (Å²) in [6.07, 6.45) is -9.24. The number of amides is 1. The van der Waals surface area contributed by atoms with E-state index in [1.54, 1.807) is 13.0 Å². The summed E-state index contributed by atoms with van der Waals surface area (Å²) in [4.78, 5) is 33.4. The van der Waals surface area contributed by atoms with Gasteiger partial charge in [0.05, 0.1) is 5.69 Å². The molecule has 0 bridgehead atoms. The van der Waals surface area contributed by atoms with Gasteiger partial charge in [-0.05, 0) is 67.4 Å². The van der Waals surface area contributed by atoms with Crippen LogP contribution >= 0.6 is 0 Å². The fraction of sp³-hybridized carbons (Fsp3) is 0.290. The molecule has 0 spiro atoms. The Bertz CT molecular complexity index is 1830. The molecule has 2 aromatic heterocycles. The zero-order valence-corrected chi connectivity index (χ0v) is 23.8. The van der Waals surface area contributed by atoms with Crippen LogP contribution in [0.4, 0.5) is 30.7 Å². The highest BCUT2D eigenvalue weighted by atomic mass is 19.4. The Morgan fingerprint density at radius 3 is 2.46 bits per heavy atom. The van der Waals surface area contributed by atoms with Crippen LogP contribution in [0.5, 0.6) is 11.5 Å². The van der Waals surface area contributed by atoms with Gasteiger partial charge in [-0.1, -0.05) is 0 Å². The molecule has 0 aliphatic carbocycles. The largest absolute Gasteiger partial charge is 0.487 e. The molecule has 8 nitrogen and oxygen atoms in total. The third-order valence-electron chi connectivity index (χ3n) is 7.50. The maximum Gasteiger partial charge on any atom is 0.422 e. The quantitative estimate of drug-likeness (QED) is 0.163. The fourth-order valence-electron chi connectivity index (χ4n) is 5.05. The van der Waals surface area contributed by atoms with E-state index in [4.69, 9.17) is 15.2 Å². The van der Waals surface area contributed by atoms with Crippen molar-refractivity contribution in [3.05, 3.63) is 82.9 Å². The van der Waals surface area contributed by atoms with Crippen molar-refractivity contribution < 1.29 is 54.9 Å². The Morgan fingerprint density at radius 2 is 1.83 bits per heavy atom. The third kappa shape index (κ3) is 5.94. The van der Waals surface area contributed by atoms with Crippen molar-refractivity contribution in [1.29, 1.82) is 0 Å². The number of rotatable bonds is 10. The Hall–Kier alpha value is -4.79. The third-order valence-corrected chi connectivity index (χ3v) is 7.50. The standard InChI is InChI=1S/C31H24F7N3O5/c1-15-8-18-9-17(10-22(25(18)40-12-15)45-13-24(33)34)21(42)6-7-30(44,31(36,37)38)23-11-20-27(46-14-29(20,35)28(39)43)26(41-23)16-2-4-19(32)5-3-16/h2-5,8-12,24,44H,6-7,13-14H2,1H3,(H2,39,43)/t29-,30+/m1/s1. The lowest BCUT2D eigenvalue weighted by atomic mass is 9.86. The van der Waals surface area contributed by atoms with E-state index < -0.39 is 90.1 Å². The normalized spacial score (nSPS) is 17.4. The second kappa shape index (κ2) is 11.9. The number of ketones is 1. The van der Waals surface area contributed by atoms with Crippen LogP contribution in [0.15, 0.2) is 54.7 Å². The summed E-state index contributed by atoms with van der Waals surface area (Å²) in [5, 5.41) is 11.5. The maximum absolute atomic E-state index is 15.7.